The Morgan fingerprint density at radius 3 is 2.95 bits per heavy atom. The van der Waals surface area contributed by atoms with Crippen LogP contribution in [-0.4, -0.2) is 24.0 Å². The number of hydrogen-bond donors (Lipinski definition) is 1. The van der Waals surface area contributed by atoms with Gasteiger partial charge in [0, 0.05) is 5.92 Å². The largest absolute Gasteiger partial charge is 0.465 e. The van der Waals surface area contributed by atoms with E-state index >= 15 is 0 Å². The van der Waals surface area contributed by atoms with Gasteiger partial charge in [0.05, 0.1) is 19.3 Å². The maximum absolute atomic E-state index is 12.1. The Labute approximate surface area is 122 Å². The molecule has 0 fully saturated rings. The molecule has 0 aromatic carbocycles. The zero-order valence-electron chi connectivity index (χ0n) is 11.6. The zero-order chi connectivity index (χ0) is 14.5. The van der Waals surface area contributed by atoms with Crippen LogP contribution in [0.2, 0.25) is 0 Å². The molecule has 0 saturated heterocycles. The number of thiazole rings is 1. The first-order chi connectivity index (χ1) is 9.61. The molecule has 0 aliphatic heterocycles. The predicted octanol–water partition coefficient (Wildman–Crippen LogP) is 2.46. The number of carbonyl (C=O) groups excluding carboxylic acids is 2. The number of carbonyl (C=O) groups is 2. The first-order valence-electron chi connectivity index (χ1n) is 6.61. The Balaban J connectivity index is 1.95. The van der Waals surface area contributed by atoms with Crippen molar-refractivity contribution in [2.75, 3.05) is 7.11 Å². The Morgan fingerprint density at radius 2 is 2.30 bits per heavy atom. The number of rotatable bonds is 4. The van der Waals surface area contributed by atoms with Gasteiger partial charge in [-0.05, 0) is 26.2 Å². The summed E-state index contributed by atoms with van der Waals surface area (Å²) in [5, 5.41) is 3.67. The Bertz CT molecular complexity index is 524. The van der Waals surface area contributed by atoms with E-state index in [0.29, 0.717) is 9.88 Å². The lowest BCUT2D eigenvalue weighted by atomic mass is 9.93. The fourth-order valence-electron chi connectivity index (χ4n) is 2.11. The lowest BCUT2D eigenvalue weighted by molar-refractivity contribution is -0.125. The molecule has 1 heterocycles. The van der Waals surface area contributed by atoms with Crippen molar-refractivity contribution in [1.29, 1.82) is 0 Å². The summed E-state index contributed by atoms with van der Waals surface area (Å²) in [5.74, 6) is -0.302. The molecule has 0 unspecified atom stereocenters. The van der Waals surface area contributed by atoms with E-state index < -0.39 is 5.97 Å². The lowest BCUT2D eigenvalue weighted by Gasteiger charge is -2.19. The summed E-state index contributed by atoms with van der Waals surface area (Å²) in [7, 11) is 1.34. The van der Waals surface area contributed by atoms with Crippen LogP contribution in [0, 0.1) is 5.92 Å². The molecule has 1 aliphatic rings. The fourth-order valence-corrected chi connectivity index (χ4v) is 2.95. The molecular weight excluding hydrogens is 276 g/mol. The first kappa shape index (κ1) is 14.7. The van der Waals surface area contributed by atoms with Gasteiger partial charge in [-0.3, -0.25) is 4.79 Å². The normalized spacial score (nSPS) is 19.4. The molecule has 0 bridgehead atoms. The number of allylic oxidation sites excluding steroid dienone is 2. The second-order valence-corrected chi connectivity index (χ2v) is 5.83. The van der Waals surface area contributed by atoms with Crippen LogP contribution < -0.4 is 5.32 Å². The minimum Gasteiger partial charge on any atom is -0.465 e. The number of amides is 1. The highest BCUT2D eigenvalue weighted by Gasteiger charge is 2.22. The predicted molar refractivity (Wildman–Crippen MR) is 76.5 cm³/mol. The molecule has 1 aliphatic carbocycles. The van der Waals surface area contributed by atoms with E-state index in [1.165, 1.54) is 24.6 Å². The topological polar surface area (TPSA) is 68.3 Å². The van der Waals surface area contributed by atoms with Crippen molar-refractivity contribution in [1.82, 2.24) is 10.3 Å². The summed E-state index contributed by atoms with van der Waals surface area (Å²) in [6.07, 6.45) is 8.28. The van der Waals surface area contributed by atoms with E-state index in [9.17, 15) is 9.59 Å². The van der Waals surface area contributed by atoms with Gasteiger partial charge in [-0.25, -0.2) is 9.78 Å². The smallest absolute Gasteiger partial charge is 0.349 e. The molecule has 1 aromatic heterocycles. The average Bonchev–Trinajstić information content (AvgIpc) is 2.97. The SMILES string of the molecule is COC(=O)c1cnc([C@H](C)NC(=O)[C@H]2CC=CCC2)s1. The van der Waals surface area contributed by atoms with Crippen molar-refractivity contribution >= 4 is 23.2 Å². The summed E-state index contributed by atoms with van der Waals surface area (Å²) in [6, 6.07) is -0.197. The number of aromatic nitrogens is 1. The van der Waals surface area contributed by atoms with Gasteiger partial charge in [0.2, 0.25) is 5.91 Å². The molecular formula is C14H18N2O3S. The highest BCUT2D eigenvalue weighted by molar-refractivity contribution is 7.13. The number of nitrogens with zero attached hydrogens (tertiary/aromatic N) is 1. The van der Waals surface area contributed by atoms with Gasteiger partial charge in [0.1, 0.15) is 9.88 Å². The highest BCUT2D eigenvalue weighted by atomic mass is 32.1. The number of nitrogens with one attached hydrogen (secondary N) is 1. The molecule has 2 atom stereocenters. The second-order valence-electron chi connectivity index (χ2n) is 4.77. The van der Waals surface area contributed by atoms with Crippen molar-refractivity contribution in [3.63, 3.8) is 0 Å². The van der Waals surface area contributed by atoms with Crippen LogP contribution in [0.4, 0.5) is 0 Å². The quantitative estimate of drug-likeness (QED) is 0.684. The van der Waals surface area contributed by atoms with Gasteiger partial charge in [-0.15, -0.1) is 11.3 Å². The third-order valence-corrected chi connectivity index (χ3v) is 4.44. The van der Waals surface area contributed by atoms with Crippen LogP contribution in [0.3, 0.4) is 0 Å². The molecule has 108 valence electrons. The standard InChI is InChI=1S/C14H18N2O3S/c1-9(13-15-8-11(20-13)14(18)19-2)16-12(17)10-6-4-3-5-7-10/h3-4,8-10H,5-7H2,1-2H3,(H,16,17)/t9-,10-/m0/s1. The van der Waals surface area contributed by atoms with Gasteiger partial charge < -0.3 is 10.1 Å². The van der Waals surface area contributed by atoms with Crippen LogP contribution in [0.25, 0.3) is 0 Å². The fraction of sp³-hybridized carbons (Fsp3) is 0.500. The van der Waals surface area contributed by atoms with Gasteiger partial charge in [0.25, 0.3) is 0 Å². The van der Waals surface area contributed by atoms with Gasteiger partial charge in [-0.2, -0.15) is 0 Å². The number of methoxy groups -OCH3 is 1. The van der Waals surface area contributed by atoms with Crippen LogP contribution in [0.15, 0.2) is 18.3 Å². The number of esters is 1. The maximum Gasteiger partial charge on any atom is 0.349 e. The average molecular weight is 294 g/mol. The summed E-state index contributed by atoms with van der Waals surface area (Å²) < 4.78 is 4.64. The highest BCUT2D eigenvalue weighted by Crippen LogP contribution is 2.23. The van der Waals surface area contributed by atoms with Crippen LogP contribution in [-0.2, 0) is 9.53 Å². The molecule has 2 rings (SSSR count). The van der Waals surface area contributed by atoms with E-state index in [1.54, 1.807) is 0 Å². The summed E-state index contributed by atoms with van der Waals surface area (Å²) in [5.41, 5.74) is 0. The number of hydrogen-bond acceptors (Lipinski definition) is 5. The summed E-state index contributed by atoms with van der Waals surface area (Å²) >= 11 is 1.25. The lowest BCUT2D eigenvalue weighted by Crippen LogP contribution is -2.33. The van der Waals surface area contributed by atoms with E-state index in [0.717, 1.165) is 19.3 Å². The van der Waals surface area contributed by atoms with E-state index in [-0.39, 0.29) is 17.9 Å². The minimum absolute atomic E-state index is 0.0440. The van der Waals surface area contributed by atoms with Gasteiger partial charge in [0.15, 0.2) is 0 Å². The van der Waals surface area contributed by atoms with Crippen molar-refractivity contribution < 1.29 is 14.3 Å². The summed E-state index contributed by atoms with van der Waals surface area (Å²) in [4.78, 5) is 28.1. The van der Waals surface area contributed by atoms with Crippen molar-refractivity contribution in [3.8, 4) is 0 Å². The molecule has 0 spiro atoms. The Morgan fingerprint density at radius 1 is 1.50 bits per heavy atom. The Kier molecular flexibility index (Phi) is 4.89. The van der Waals surface area contributed by atoms with Crippen LogP contribution in [0.1, 0.15) is 46.9 Å². The van der Waals surface area contributed by atoms with Crippen LogP contribution in [0.5, 0.6) is 0 Å². The third-order valence-electron chi connectivity index (χ3n) is 3.28. The molecule has 0 radical (unpaired) electrons. The number of ether oxygens (including phenoxy) is 1. The second kappa shape index (κ2) is 6.65. The minimum atomic E-state index is -0.398. The van der Waals surface area contributed by atoms with Gasteiger partial charge in [-0.1, -0.05) is 12.2 Å². The third kappa shape index (κ3) is 3.45. The molecule has 20 heavy (non-hydrogen) atoms. The zero-order valence-corrected chi connectivity index (χ0v) is 12.4. The maximum atomic E-state index is 12.1. The summed E-state index contributed by atoms with van der Waals surface area (Å²) in [6.45, 7) is 1.87. The monoisotopic (exact) mass is 294 g/mol. The van der Waals surface area contributed by atoms with E-state index in [4.69, 9.17) is 0 Å². The van der Waals surface area contributed by atoms with Crippen molar-refractivity contribution in [2.24, 2.45) is 5.92 Å². The first-order valence-corrected chi connectivity index (χ1v) is 7.43. The molecule has 6 heteroatoms. The molecule has 0 saturated carbocycles. The molecule has 1 aromatic rings. The van der Waals surface area contributed by atoms with Crippen molar-refractivity contribution in [3.05, 3.63) is 28.2 Å². The molecule has 5 nitrogen and oxygen atoms in total. The van der Waals surface area contributed by atoms with Crippen LogP contribution >= 0.6 is 11.3 Å². The van der Waals surface area contributed by atoms with Crippen molar-refractivity contribution in [2.45, 2.75) is 32.2 Å². The van der Waals surface area contributed by atoms with Gasteiger partial charge >= 0.3 is 5.97 Å². The van der Waals surface area contributed by atoms with E-state index in [2.05, 4.69) is 27.2 Å². The Hall–Kier alpha value is -1.69. The van der Waals surface area contributed by atoms with E-state index in [1.807, 2.05) is 6.92 Å². The molecule has 1 amide bonds. The molecule has 1 N–H and O–H groups in total.